The van der Waals surface area contributed by atoms with Gasteiger partial charge >= 0.3 is 6.03 Å². The number of carbonyl (C=O) groups is 3. The summed E-state index contributed by atoms with van der Waals surface area (Å²) in [6.07, 6.45) is 1.07. The molecule has 3 aromatic rings. The average Bonchev–Trinajstić information content (AvgIpc) is 3.36. The van der Waals surface area contributed by atoms with Crippen molar-refractivity contribution in [1.82, 2.24) is 10.2 Å². The van der Waals surface area contributed by atoms with E-state index in [1.54, 1.807) is 4.90 Å². The third-order valence-electron chi connectivity index (χ3n) is 6.24. The van der Waals surface area contributed by atoms with E-state index in [9.17, 15) is 14.4 Å². The predicted octanol–water partition coefficient (Wildman–Crippen LogP) is 3.27. The monoisotopic (exact) mass is 425 g/mol. The number of urea groups is 1. The summed E-state index contributed by atoms with van der Waals surface area (Å²) in [4.78, 5) is 42.5. The molecule has 0 unspecified atom stereocenters. The first kappa shape index (κ1) is 20.0. The molecule has 0 aromatic heterocycles. The highest BCUT2D eigenvalue weighted by Gasteiger charge is 2.53. The van der Waals surface area contributed by atoms with E-state index in [2.05, 4.69) is 5.32 Å². The van der Waals surface area contributed by atoms with Crippen LogP contribution in [0.1, 0.15) is 16.7 Å². The van der Waals surface area contributed by atoms with Crippen LogP contribution in [0.3, 0.4) is 0 Å². The Morgan fingerprint density at radius 2 is 1.53 bits per heavy atom. The third kappa shape index (κ3) is 3.34. The molecule has 4 amide bonds. The highest BCUT2D eigenvalue weighted by atomic mass is 16.2. The number of para-hydroxylation sites is 1. The lowest BCUT2D eigenvalue weighted by Crippen LogP contribution is -2.47. The number of hydrogen-bond donors (Lipinski definition) is 1. The number of nitrogens with zero attached hydrogens (tertiary/aromatic N) is 2. The van der Waals surface area contributed by atoms with Crippen molar-refractivity contribution >= 4 is 23.5 Å². The molecule has 1 saturated heterocycles. The maximum atomic E-state index is 13.7. The zero-order chi connectivity index (χ0) is 22.1. The van der Waals surface area contributed by atoms with Gasteiger partial charge in [-0.3, -0.25) is 14.5 Å². The zero-order valence-electron chi connectivity index (χ0n) is 17.5. The van der Waals surface area contributed by atoms with Crippen molar-refractivity contribution in [2.45, 2.75) is 18.4 Å². The summed E-state index contributed by atoms with van der Waals surface area (Å²) in [5.41, 5.74) is 2.32. The molecule has 0 bridgehead atoms. The fourth-order valence-electron chi connectivity index (χ4n) is 4.63. The van der Waals surface area contributed by atoms with Crippen molar-refractivity contribution in [2.24, 2.45) is 0 Å². The van der Waals surface area contributed by atoms with E-state index >= 15 is 0 Å². The van der Waals surface area contributed by atoms with Crippen LogP contribution in [-0.4, -0.2) is 35.8 Å². The molecule has 2 aliphatic heterocycles. The maximum Gasteiger partial charge on any atom is 0.325 e. The minimum atomic E-state index is -1.25. The van der Waals surface area contributed by atoms with Gasteiger partial charge in [0.1, 0.15) is 6.54 Å². The predicted molar refractivity (Wildman–Crippen MR) is 121 cm³/mol. The summed E-state index contributed by atoms with van der Waals surface area (Å²) in [5.74, 6) is -0.666. The van der Waals surface area contributed by atoms with Gasteiger partial charge in [-0.15, -0.1) is 0 Å². The standard InChI is InChI=1S/C26H23N3O3/c30-23(28-16-15-20-11-7-8-14-22(20)28)18-29-24(31)26(27-25(29)32,21-12-5-2-6-13-21)17-19-9-3-1-4-10-19/h1-14H,15-18H2,(H,27,32)/t26-/m1/s1. The molecule has 160 valence electrons. The van der Waals surface area contributed by atoms with E-state index in [0.29, 0.717) is 18.5 Å². The summed E-state index contributed by atoms with van der Waals surface area (Å²) >= 11 is 0. The molecule has 6 heteroatoms. The summed E-state index contributed by atoms with van der Waals surface area (Å²) in [6.45, 7) is 0.262. The molecule has 0 radical (unpaired) electrons. The Balaban J connectivity index is 1.45. The Hall–Kier alpha value is -3.93. The number of anilines is 1. The van der Waals surface area contributed by atoms with Gasteiger partial charge in [0.2, 0.25) is 5.91 Å². The second-order valence-electron chi connectivity index (χ2n) is 8.18. The SMILES string of the molecule is O=C1N[C@](Cc2ccccc2)(c2ccccc2)C(=O)N1CC(=O)N1CCc2ccccc21. The number of hydrogen-bond acceptors (Lipinski definition) is 3. The van der Waals surface area contributed by atoms with Gasteiger partial charge in [0.25, 0.3) is 5.91 Å². The molecule has 0 spiro atoms. The van der Waals surface area contributed by atoms with Crippen LogP contribution in [0.25, 0.3) is 0 Å². The molecule has 3 aromatic carbocycles. The number of benzene rings is 3. The summed E-state index contributed by atoms with van der Waals surface area (Å²) in [7, 11) is 0. The van der Waals surface area contributed by atoms with Crippen LogP contribution in [0.4, 0.5) is 10.5 Å². The molecule has 1 atom stereocenters. The molecule has 1 fully saturated rings. The number of nitrogens with one attached hydrogen (secondary N) is 1. The van der Waals surface area contributed by atoms with Gasteiger partial charge in [0.05, 0.1) is 0 Å². The van der Waals surface area contributed by atoms with Crippen LogP contribution in [-0.2, 0) is 28.0 Å². The average molecular weight is 425 g/mol. The van der Waals surface area contributed by atoms with E-state index in [1.807, 2.05) is 84.9 Å². The molecule has 0 aliphatic carbocycles. The molecule has 32 heavy (non-hydrogen) atoms. The fourth-order valence-corrected chi connectivity index (χ4v) is 4.63. The van der Waals surface area contributed by atoms with Gasteiger partial charge in [-0.25, -0.2) is 4.79 Å². The maximum absolute atomic E-state index is 13.7. The van der Waals surface area contributed by atoms with Crippen molar-refractivity contribution in [2.75, 3.05) is 18.0 Å². The van der Waals surface area contributed by atoms with Gasteiger partial charge < -0.3 is 10.2 Å². The Morgan fingerprint density at radius 3 is 2.28 bits per heavy atom. The molecular formula is C26H23N3O3. The van der Waals surface area contributed by atoms with Crippen LogP contribution >= 0.6 is 0 Å². The minimum Gasteiger partial charge on any atom is -0.319 e. The van der Waals surface area contributed by atoms with Crippen LogP contribution in [0.5, 0.6) is 0 Å². The Bertz CT molecular complexity index is 1180. The summed E-state index contributed by atoms with van der Waals surface area (Å²) in [6, 6.07) is 26.0. The highest BCUT2D eigenvalue weighted by Crippen LogP contribution is 2.34. The largest absolute Gasteiger partial charge is 0.325 e. The van der Waals surface area contributed by atoms with Crippen LogP contribution in [0.2, 0.25) is 0 Å². The second kappa shape index (κ2) is 7.96. The lowest BCUT2D eigenvalue weighted by Gasteiger charge is -2.28. The summed E-state index contributed by atoms with van der Waals surface area (Å²) < 4.78 is 0. The topological polar surface area (TPSA) is 69.7 Å². The smallest absolute Gasteiger partial charge is 0.319 e. The zero-order valence-corrected chi connectivity index (χ0v) is 17.5. The lowest BCUT2D eigenvalue weighted by molar-refractivity contribution is -0.134. The number of amides is 4. The first-order valence-corrected chi connectivity index (χ1v) is 10.7. The number of rotatable bonds is 5. The second-order valence-corrected chi connectivity index (χ2v) is 8.18. The third-order valence-corrected chi connectivity index (χ3v) is 6.24. The van der Waals surface area contributed by atoms with Crippen molar-refractivity contribution in [3.8, 4) is 0 Å². The molecular weight excluding hydrogens is 402 g/mol. The lowest BCUT2D eigenvalue weighted by atomic mass is 9.83. The van der Waals surface area contributed by atoms with Gasteiger partial charge in [-0.1, -0.05) is 78.9 Å². The Labute approximate surface area is 186 Å². The van der Waals surface area contributed by atoms with Gasteiger partial charge in [-0.05, 0) is 29.2 Å². The quantitative estimate of drug-likeness (QED) is 0.638. The van der Waals surface area contributed by atoms with E-state index in [0.717, 1.165) is 28.1 Å². The van der Waals surface area contributed by atoms with E-state index < -0.39 is 17.5 Å². The van der Waals surface area contributed by atoms with Crippen molar-refractivity contribution < 1.29 is 14.4 Å². The van der Waals surface area contributed by atoms with Crippen LogP contribution in [0.15, 0.2) is 84.9 Å². The molecule has 1 N–H and O–H groups in total. The van der Waals surface area contributed by atoms with Crippen molar-refractivity contribution in [3.05, 3.63) is 102 Å². The number of fused-ring (bicyclic) bond motifs is 1. The first-order chi connectivity index (χ1) is 15.6. The van der Waals surface area contributed by atoms with Crippen LogP contribution in [0, 0.1) is 0 Å². The van der Waals surface area contributed by atoms with Gasteiger partial charge in [0, 0.05) is 18.7 Å². The first-order valence-electron chi connectivity index (χ1n) is 10.7. The molecule has 2 heterocycles. The van der Waals surface area contributed by atoms with Gasteiger partial charge in [0.15, 0.2) is 5.54 Å². The molecule has 2 aliphatic rings. The van der Waals surface area contributed by atoms with E-state index in [1.165, 1.54) is 0 Å². The molecule has 5 rings (SSSR count). The van der Waals surface area contributed by atoms with Gasteiger partial charge in [-0.2, -0.15) is 0 Å². The molecule has 6 nitrogen and oxygen atoms in total. The number of carbonyl (C=O) groups excluding carboxylic acids is 3. The minimum absolute atomic E-state index is 0.262. The van der Waals surface area contributed by atoms with E-state index in [-0.39, 0.29) is 12.5 Å². The van der Waals surface area contributed by atoms with Crippen molar-refractivity contribution in [1.29, 1.82) is 0 Å². The Morgan fingerprint density at radius 1 is 0.875 bits per heavy atom. The van der Waals surface area contributed by atoms with Crippen LogP contribution < -0.4 is 10.2 Å². The van der Waals surface area contributed by atoms with E-state index in [4.69, 9.17) is 0 Å². The fraction of sp³-hybridized carbons (Fsp3) is 0.192. The Kier molecular flexibility index (Phi) is 4.98. The summed E-state index contributed by atoms with van der Waals surface area (Å²) in [5, 5.41) is 2.91. The van der Waals surface area contributed by atoms with Crippen molar-refractivity contribution in [3.63, 3.8) is 0 Å². The highest BCUT2D eigenvalue weighted by molar-refractivity contribution is 6.11. The molecule has 0 saturated carbocycles. The number of imide groups is 1. The normalized spacial score (nSPS) is 19.8.